The molecule has 26 heavy (non-hydrogen) atoms. The maximum Gasteiger partial charge on any atom is 0.325 e. The second kappa shape index (κ2) is 6.25. The highest BCUT2D eigenvalue weighted by Gasteiger charge is 2.49. The van der Waals surface area contributed by atoms with Crippen LogP contribution in [0.15, 0.2) is 48.5 Å². The van der Waals surface area contributed by atoms with Gasteiger partial charge < -0.3 is 10.4 Å². The SMILES string of the molecule is CC1(c2ccc3c(c2)CCC3)NC(=O)N(CC(O)c2ccccc2)C1=O. The standard InChI is InChI=1S/C21H22N2O3/c1-21(17-11-10-14-8-5-9-16(14)12-17)19(25)23(20(26)22-21)13-18(24)15-6-3-2-4-7-15/h2-4,6-7,10-12,18,24H,5,8-9,13H2,1H3,(H,22,26). The van der Waals surface area contributed by atoms with Crippen LogP contribution in [0.4, 0.5) is 4.79 Å². The Labute approximate surface area is 152 Å². The molecule has 134 valence electrons. The first-order chi connectivity index (χ1) is 12.5. The number of fused-ring (bicyclic) bond motifs is 1. The average molecular weight is 350 g/mol. The Morgan fingerprint density at radius 1 is 1.12 bits per heavy atom. The van der Waals surface area contributed by atoms with Gasteiger partial charge in [0.2, 0.25) is 0 Å². The van der Waals surface area contributed by atoms with E-state index < -0.39 is 17.7 Å². The molecule has 2 atom stereocenters. The number of aliphatic hydroxyl groups excluding tert-OH is 1. The summed E-state index contributed by atoms with van der Waals surface area (Å²) >= 11 is 0. The molecule has 2 N–H and O–H groups in total. The molecule has 2 aliphatic rings. The van der Waals surface area contributed by atoms with Crippen molar-refractivity contribution in [2.45, 2.75) is 37.8 Å². The Kier molecular flexibility index (Phi) is 4.04. The molecule has 1 aliphatic heterocycles. The van der Waals surface area contributed by atoms with Crippen LogP contribution in [0, 0.1) is 0 Å². The summed E-state index contributed by atoms with van der Waals surface area (Å²) in [7, 11) is 0. The van der Waals surface area contributed by atoms with E-state index in [0.717, 1.165) is 29.7 Å². The molecule has 0 bridgehead atoms. The second-order valence-corrected chi connectivity index (χ2v) is 7.23. The predicted octanol–water partition coefficient (Wildman–Crippen LogP) is 2.68. The van der Waals surface area contributed by atoms with Crippen molar-refractivity contribution >= 4 is 11.9 Å². The van der Waals surface area contributed by atoms with Crippen LogP contribution in [0.5, 0.6) is 0 Å². The molecule has 3 amide bonds. The lowest BCUT2D eigenvalue weighted by Crippen LogP contribution is -2.41. The molecule has 0 saturated carbocycles. The maximum absolute atomic E-state index is 13.0. The topological polar surface area (TPSA) is 69.6 Å². The lowest BCUT2D eigenvalue weighted by molar-refractivity contribution is -0.132. The van der Waals surface area contributed by atoms with Gasteiger partial charge in [-0.25, -0.2) is 4.79 Å². The van der Waals surface area contributed by atoms with Crippen molar-refractivity contribution in [3.05, 3.63) is 70.8 Å². The molecule has 0 radical (unpaired) electrons. The summed E-state index contributed by atoms with van der Waals surface area (Å²) < 4.78 is 0. The third-order valence-electron chi connectivity index (χ3n) is 5.49. The van der Waals surface area contributed by atoms with E-state index in [1.165, 1.54) is 11.1 Å². The van der Waals surface area contributed by atoms with Gasteiger partial charge in [-0.2, -0.15) is 0 Å². The van der Waals surface area contributed by atoms with Gasteiger partial charge in [-0.1, -0.05) is 48.5 Å². The van der Waals surface area contributed by atoms with Crippen LogP contribution in [0.1, 0.15) is 41.7 Å². The number of imide groups is 1. The van der Waals surface area contributed by atoms with E-state index in [-0.39, 0.29) is 12.5 Å². The highest BCUT2D eigenvalue weighted by atomic mass is 16.3. The number of benzene rings is 2. The summed E-state index contributed by atoms with van der Waals surface area (Å²) in [5.41, 5.74) is 2.97. The molecule has 2 aromatic carbocycles. The highest BCUT2D eigenvalue weighted by molar-refractivity contribution is 6.07. The van der Waals surface area contributed by atoms with Crippen molar-refractivity contribution in [2.75, 3.05) is 6.54 Å². The summed E-state index contributed by atoms with van der Waals surface area (Å²) in [6.45, 7) is 1.67. The Morgan fingerprint density at radius 2 is 1.85 bits per heavy atom. The predicted molar refractivity (Wildman–Crippen MR) is 97.5 cm³/mol. The zero-order chi connectivity index (χ0) is 18.3. The van der Waals surface area contributed by atoms with Crippen LogP contribution in [-0.4, -0.2) is 28.5 Å². The van der Waals surface area contributed by atoms with Gasteiger partial charge in [-0.15, -0.1) is 0 Å². The number of carbonyl (C=O) groups is 2. The Morgan fingerprint density at radius 3 is 2.62 bits per heavy atom. The summed E-state index contributed by atoms with van der Waals surface area (Å²) in [5.74, 6) is -0.324. The fourth-order valence-electron chi connectivity index (χ4n) is 3.89. The number of hydrogen-bond acceptors (Lipinski definition) is 3. The summed E-state index contributed by atoms with van der Waals surface area (Å²) in [5, 5.41) is 13.2. The summed E-state index contributed by atoms with van der Waals surface area (Å²) in [6, 6.07) is 14.6. The normalized spacial score (nSPS) is 23.1. The van der Waals surface area contributed by atoms with Crippen molar-refractivity contribution in [1.29, 1.82) is 0 Å². The number of rotatable bonds is 4. The number of nitrogens with one attached hydrogen (secondary N) is 1. The van der Waals surface area contributed by atoms with Gasteiger partial charge >= 0.3 is 6.03 Å². The number of nitrogens with zero attached hydrogens (tertiary/aromatic N) is 1. The molecule has 0 spiro atoms. The first kappa shape index (κ1) is 16.8. The third kappa shape index (κ3) is 2.69. The molecule has 5 nitrogen and oxygen atoms in total. The van der Waals surface area contributed by atoms with E-state index in [2.05, 4.69) is 11.4 Å². The summed E-state index contributed by atoms with van der Waals surface area (Å²) in [4.78, 5) is 26.6. The molecule has 0 aromatic heterocycles. The Bertz CT molecular complexity index is 865. The van der Waals surface area contributed by atoms with Crippen LogP contribution in [-0.2, 0) is 23.2 Å². The largest absolute Gasteiger partial charge is 0.387 e. The molecular weight excluding hydrogens is 328 g/mol. The van der Waals surface area contributed by atoms with Gasteiger partial charge in [-0.3, -0.25) is 9.69 Å². The van der Waals surface area contributed by atoms with Crippen LogP contribution in [0.2, 0.25) is 0 Å². The minimum Gasteiger partial charge on any atom is -0.387 e. The molecule has 2 aromatic rings. The van der Waals surface area contributed by atoms with Crippen LogP contribution < -0.4 is 5.32 Å². The number of urea groups is 1. The first-order valence-corrected chi connectivity index (χ1v) is 8.98. The monoisotopic (exact) mass is 350 g/mol. The van der Waals surface area contributed by atoms with Crippen molar-refractivity contribution < 1.29 is 14.7 Å². The second-order valence-electron chi connectivity index (χ2n) is 7.23. The van der Waals surface area contributed by atoms with Gasteiger partial charge in [0.05, 0.1) is 12.6 Å². The first-order valence-electron chi connectivity index (χ1n) is 8.98. The Hall–Kier alpha value is -2.66. The van der Waals surface area contributed by atoms with Crippen molar-refractivity contribution in [1.82, 2.24) is 10.2 Å². The Balaban J connectivity index is 1.58. The van der Waals surface area contributed by atoms with Gasteiger partial charge in [0.25, 0.3) is 5.91 Å². The van der Waals surface area contributed by atoms with E-state index >= 15 is 0 Å². The molecule has 1 aliphatic carbocycles. The number of β-amino-alcohol motifs (C(OH)–C–C–N with tert-alkyl or cyclic N) is 1. The zero-order valence-electron chi connectivity index (χ0n) is 14.7. The van der Waals surface area contributed by atoms with E-state index in [9.17, 15) is 14.7 Å². The maximum atomic E-state index is 13.0. The molecule has 2 unspecified atom stereocenters. The van der Waals surface area contributed by atoms with Crippen LogP contribution >= 0.6 is 0 Å². The van der Waals surface area contributed by atoms with E-state index in [4.69, 9.17) is 0 Å². The minimum atomic E-state index is -1.09. The smallest absolute Gasteiger partial charge is 0.325 e. The molecule has 5 heteroatoms. The molecule has 1 fully saturated rings. The molecule has 1 heterocycles. The quantitative estimate of drug-likeness (QED) is 0.833. The van der Waals surface area contributed by atoms with Crippen molar-refractivity contribution in [3.8, 4) is 0 Å². The van der Waals surface area contributed by atoms with Crippen LogP contribution in [0.3, 0.4) is 0 Å². The molecule has 1 saturated heterocycles. The number of carbonyl (C=O) groups excluding carboxylic acids is 2. The van der Waals surface area contributed by atoms with Crippen LogP contribution in [0.25, 0.3) is 0 Å². The zero-order valence-corrected chi connectivity index (χ0v) is 14.7. The van der Waals surface area contributed by atoms with Gasteiger partial charge in [0, 0.05) is 0 Å². The third-order valence-corrected chi connectivity index (χ3v) is 5.49. The summed E-state index contributed by atoms with van der Waals surface area (Å²) in [6.07, 6.45) is 2.30. The van der Waals surface area contributed by atoms with E-state index in [1.54, 1.807) is 19.1 Å². The van der Waals surface area contributed by atoms with Gasteiger partial charge in [0.1, 0.15) is 5.54 Å². The molecular formula is C21H22N2O3. The average Bonchev–Trinajstić information content (AvgIpc) is 3.21. The number of aliphatic hydroxyl groups is 1. The fraction of sp³-hybridized carbons (Fsp3) is 0.333. The fourth-order valence-corrected chi connectivity index (χ4v) is 3.89. The lowest BCUT2D eigenvalue weighted by atomic mass is 9.89. The van der Waals surface area contributed by atoms with Crippen molar-refractivity contribution in [3.63, 3.8) is 0 Å². The van der Waals surface area contributed by atoms with E-state index in [0.29, 0.717) is 5.56 Å². The number of amides is 3. The van der Waals surface area contributed by atoms with Gasteiger partial charge in [-0.05, 0) is 48.4 Å². The van der Waals surface area contributed by atoms with Crippen molar-refractivity contribution in [2.24, 2.45) is 0 Å². The van der Waals surface area contributed by atoms with Gasteiger partial charge in [0.15, 0.2) is 0 Å². The molecule has 4 rings (SSSR count). The minimum absolute atomic E-state index is 0.0603. The highest BCUT2D eigenvalue weighted by Crippen LogP contribution is 2.33. The number of aryl methyl sites for hydroxylation is 2. The van der Waals surface area contributed by atoms with E-state index in [1.807, 2.05) is 30.3 Å². The number of hydrogen-bond donors (Lipinski definition) is 2. The lowest BCUT2D eigenvalue weighted by Gasteiger charge is -2.24.